The van der Waals surface area contributed by atoms with E-state index < -0.39 is 12.1 Å². The highest BCUT2D eigenvalue weighted by Gasteiger charge is 2.27. The van der Waals surface area contributed by atoms with Gasteiger partial charge >= 0.3 is 0 Å². The summed E-state index contributed by atoms with van der Waals surface area (Å²) in [4.78, 5) is 14.6. The first-order valence-electron chi connectivity index (χ1n) is 8.79. The van der Waals surface area contributed by atoms with Crippen LogP contribution in [0.1, 0.15) is 29.9 Å². The Labute approximate surface area is 157 Å². The number of rotatable bonds is 4. The van der Waals surface area contributed by atoms with E-state index in [4.69, 9.17) is 11.1 Å². The molecule has 3 N–H and O–H groups in total. The Hall–Kier alpha value is -3.08. The van der Waals surface area contributed by atoms with E-state index in [1.54, 1.807) is 31.5 Å². The van der Waals surface area contributed by atoms with Gasteiger partial charge in [0, 0.05) is 37.5 Å². The number of nitrogens with zero attached hydrogens (tertiary/aromatic N) is 5. The number of hydrogen-bond acceptors (Lipinski definition) is 7. The second kappa shape index (κ2) is 8.08. The van der Waals surface area contributed by atoms with Crippen LogP contribution in [0.3, 0.4) is 0 Å². The lowest BCUT2D eigenvalue weighted by Crippen LogP contribution is -2.35. The van der Waals surface area contributed by atoms with Crippen molar-refractivity contribution in [3.05, 3.63) is 29.3 Å². The van der Waals surface area contributed by atoms with Gasteiger partial charge in [-0.1, -0.05) is 6.07 Å². The number of nitriles is 1. The molecular weight excluding hydrogens is 345 g/mol. The third kappa shape index (κ3) is 4.03. The molecule has 1 aromatic rings. The molecule has 1 fully saturated rings. The molecule has 0 bridgehead atoms. The highest BCUT2D eigenvalue weighted by Crippen LogP contribution is 2.23. The van der Waals surface area contributed by atoms with Gasteiger partial charge in [0.1, 0.15) is 24.6 Å². The zero-order valence-electron chi connectivity index (χ0n) is 15.2. The summed E-state index contributed by atoms with van der Waals surface area (Å²) >= 11 is 0. The predicted octanol–water partition coefficient (Wildman–Crippen LogP) is 2.19. The van der Waals surface area contributed by atoms with Crippen LogP contribution in [-0.4, -0.2) is 61.4 Å². The number of anilines is 1. The fraction of sp³-hybridized carbons (Fsp3) is 0.421. The molecule has 2 atom stereocenters. The van der Waals surface area contributed by atoms with E-state index in [0.29, 0.717) is 42.9 Å². The number of benzene rings is 1. The van der Waals surface area contributed by atoms with Gasteiger partial charge in [-0.15, -0.1) is 0 Å². The van der Waals surface area contributed by atoms with Gasteiger partial charge in [-0.05, 0) is 24.1 Å². The fourth-order valence-corrected chi connectivity index (χ4v) is 3.28. The van der Waals surface area contributed by atoms with Gasteiger partial charge in [0.15, 0.2) is 0 Å². The minimum Gasteiger partial charge on any atom is -0.398 e. The predicted molar refractivity (Wildman–Crippen MR) is 106 cm³/mol. The fourth-order valence-electron chi connectivity index (χ4n) is 3.28. The summed E-state index contributed by atoms with van der Waals surface area (Å²) in [5.41, 5.74) is 8.57. The maximum absolute atomic E-state index is 13.5. The molecule has 0 spiro atoms. The molecule has 0 radical (unpaired) electrons. The maximum atomic E-state index is 13.5. The number of halogens is 1. The SMILES string of the molecule is CN=CC(C#N)c1ccc(N)c(C(=N)C2=NCN=C(N3CCC(F)C3)C2)c1. The number of aliphatic imine (C=N–C) groups is 3. The van der Waals surface area contributed by atoms with Crippen molar-refractivity contribution < 1.29 is 4.39 Å². The van der Waals surface area contributed by atoms with Crippen LogP contribution < -0.4 is 5.73 Å². The van der Waals surface area contributed by atoms with Crippen LogP contribution in [0.2, 0.25) is 0 Å². The second-order valence-corrected chi connectivity index (χ2v) is 6.57. The van der Waals surface area contributed by atoms with Crippen molar-refractivity contribution in [1.82, 2.24) is 4.90 Å². The molecular formula is C19H22FN7. The van der Waals surface area contributed by atoms with Crippen LogP contribution in [0.25, 0.3) is 0 Å². The number of nitrogens with two attached hydrogens (primary N) is 1. The minimum atomic E-state index is -0.829. The lowest BCUT2D eigenvalue weighted by atomic mass is 9.94. The molecule has 2 aliphatic rings. The molecule has 0 aromatic heterocycles. The van der Waals surface area contributed by atoms with E-state index in [9.17, 15) is 9.65 Å². The number of alkyl halides is 1. The van der Waals surface area contributed by atoms with E-state index in [0.717, 1.165) is 11.4 Å². The molecule has 2 aliphatic heterocycles. The maximum Gasteiger partial charge on any atom is 0.131 e. The Morgan fingerprint density at radius 1 is 1.52 bits per heavy atom. The molecule has 2 unspecified atom stereocenters. The van der Waals surface area contributed by atoms with Crippen LogP contribution in [0, 0.1) is 16.7 Å². The summed E-state index contributed by atoms with van der Waals surface area (Å²) in [6.45, 7) is 1.21. The minimum absolute atomic E-state index is 0.211. The molecule has 7 nitrogen and oxygen atoms in total. The van der Waals surface area contributed by atoms with Crippen LogP contribution in [0.5, 0.6) is 0 Å². The van der Waals surface area contributed by atoms with E-state index in [-0.39, 0.29) is 12.4 Å². The molecule has 1 aromatic carbocycles. The topological polar surface area (TPSA) is 114 Å². The first-order valence-corrected chi connectivity index (χ1v) is 8.79. The number of nitrogen functional groups attached to an aromatic ring is 1. The lowest BCUT2D eigenvalue weighted by Gasteiger charge is -2.23. The van der Waals surface area contributed by atoms with Gasteiger partial charge in [0.05, 0.1) is 24.0 Å². The molecule has 27 heavy (non-hydrogen) atoms. The standard InChI is InChI=1S/C19H22FN7/c1-24-9-13(8-21)12-2-3-16(22)15(6-12)19(23)17-7-18(26-11-25-17)27-5-4-14(20)10-27/h2-3,6,9,13-14,23H,4-5,7,10-11,22H2,1H3. The molecule has 0 aliphatic carbocycles. The second-order valence-electron chi connectivity index (χ2n) is 6.57. The van der Waals surface area contributed by atoms with Crippen LogP contribution in [0.15, 0.2) is 33.2 Å². The van der Waals surface area contributed by atoms with Gasteiger partial charge in [-0.25, -0.2) is 9.38 Å². The van der Waals surface area contributed by atoms with Gasteiger partial charge < -0.3 is 10.6 Å². The number of likely N-dealkylation sites (tertiary alicyclic amines) is 1. The van der Waals surface area contributed by atoms with Crippen molar-refractivity contribution in [3.63, 3.8) is 0 Å². The molecule has 1 saturated heterocycles. The van der Waals surface area contributed by atoms with Gasteiger partial charge in [0.25, 0.3) is 0 Å². The first kappa shape index (κ1) is 18.7. The van der Waals surface area contributed by atoms with Crippen LogP contribution in [-0.2, 0) is 0 Å². The quantitative estimate of drug-likeness (QED) is 0.628. The lowest BCUT2D eigenvalue weighted by molar-refractivity contribution is 0.341. The van der Waals surface area contributed by atoms with Crippen molar-refractivity contribution >= 4 is 29.2 Å². The van der Waals surface area contributed by atoms with Gasteiger partial charge in [0.2, 0.25) is 0 Å². The van der Waals surface area contributed by atoms with Crippen molar-refractivity contribution in [2.24, 2.45) is 15.0 Å². The summed E-state index contributed by atoms with van der Waals surface area (Å²) in [6, 6.07) is 7.39. The summed E-state index contributed by atoms with van der Waals surface area (Å²) in [7, 11) is 1.61. The number of amidine groups is 1. The Balaban J connectivity index is 1.81. The zero-order valence-corrected chi connectivity index (χ0v) is 15.2. The Morgan fingerprint density at radius 3 is 3.00 bits per heavy atom. The molecule has 0 amide bonds. The summed E-state index contributed by atoms with van der Waals surface area (Å²) in [6.07, 6.45) is 1.62. The van der Waals surface area contributed by atoms with Gasteiger partial charge in [-0.3, -0.25) is 15.4 Å². The third-order valence-corrected chi connectivity index (χ3v) is 4.77. The molecule has 2 heterocycles. The molecule has 3 rings (SSSR count). The van der Waals surface area contributed by atoms with E-state index in [2.05, 4.69) is 21.0 Å². The molecule has 8 heteroatoms. The monoisotopic (exact) mass is 367 g/mol. The number of nitrogens with one attached hydrogen (secondary N) is 1. The smallest absolute Gasteiger partial charge is 0.131 e. The number of hydrogen-bond donors (Lipinski definition) is 2. The van der Waals surface area contributed by atoms with E-state index in [1.165, 1.54) is 0 Å². The van der Waals surface area contributed by atoms with Crippen molar-refractivity contribution in [2.75, 3.05) is 32.5 Å². The average Bonchev–Trinajstić information content (AvgIpc) is 3.12. The highest BCUT2D eigenvalue weighted by atomic mass is 19.1. The summed E-state index contributed by atoms with van der Waals surface area (Å²) < 4.78 is 13.5. The van der Waals surface area contributed by atoms with Gasteiger partial charge in [-0.2, -0.15) is 5.26 Å². The van der Waals surface area contributed by atoms with Crippen molar-refractivity contribution in [1.29, 1.82) is 10.7 Å². The normalized spacial score (nSPS) is 20.9. The molecule has 140 valence electrons. The largest absolute Gasteiger partial charge is 0.398 e. The van der Waals surface area contributed by atoms with Crippen molar-refractivity contribution in [3.8, 4) is 6.07 Å². The summed E-state index contributed by atoms with van der Waals surface area (Å²) in [5.74, 6) is 0.270. The first-order chi connectivity index (χ1) is 13.0. The van der Waals surface area contributed by atoms with Crippen LogP contribution >= 0.6 is 0 Å². The zero-order chi connectivity index (χ0) is 19.4. The van der Waals surface area contributed by atoms with Crippen LogP contribution in [0.4, 0.5) is 10.1 Å². The Morgan fingerprint density at radius 2 is 2.33 bits per heavy atom. The Bertz CT molecular complexity index is 865. The average molecular weight is 367 g/mol. The Kier molecular flexibility index (Phi) is 5.60. The molecule has 0 saturated carbocycles. The third-order valence-electron chi connectivity index (χ3n) is 4.77. The van der Waals surface area contributed by atoms with E-state index >= 15 is 0 Å². The van der Waals surface area contributed by atoms with E-state index in [1.807, 2.05) is 4.90 Å². The highest BCUT2D eigenvalue weighted by molar-refractivity contribution is 6.50. The summed E-state index contributed by atoms with van der Waals surface area (Å²) in [5, 5.41) is 17.9. The van der Waals surface area contributed by atoms with Crippen molar-refractivity contribution in [2.45, 2.75) is 24.9 Å².